The molecule has 6 nitrogen and oxygen atoms in total. The van der Waals surface area contributed by atoms with Gasteiger partial charge in [0.15, 0.2) is 0 Å². The van der Waals surface area contributed by atoms with E-state index in [4.69, 9.17) is 4.74 Å². The maximum absolute atomic E-state index is 13.2. The molecule has 360 valence electrons. The number of aliphatic hydroxyl groups is 2. The van der Waals surface area contributed by atoms with Crippen LogP contribution in [-0.4, -0.2) is 46.9 Å². The lowest BCUT2D eigenvalue weighted by Crippen LogP contribution is -2.46. The first-order chi connectivity index (χ1) is 30.5. The van der Waals surface area contributed by atoms with E-state index in [1.165, 1.54) is 128 Å². The zero-order chi connectivity index (χ0) is 45.2. The first-order valence-electron chi connectivity index (χ1n) is 26.6. The van der Waals surface area contributed by atoms with Crippen LogP contribution in [0.4, 0.5) is 0 Å². The van der Waals surface area contributed by atoms with Crippen molar-refractivity contribution in [1.82, 2.24) is 5.32 Å². The molecule has 0 aliphatic carbocycles. The van der Waals surface area contributed by atoms with Gasteiger partial charge in [-0.3, -0.25) is 9.59 Å². The van der Waals surface area contributed by atoms with Crippen molar-refractivity contribution in [1.29, 1.82) is 0 Å². The molecule has 0 saturated heterocycles. The monoisotopic (exact) mass is 868 g/mol. The van der Waals surface area contributed by atoms with Crippen molar-refractivity contribution in [3.63, 3.8) is 0 Å². The quantitative estimate of drug-likeness (QED) is 0.0245. The largest absolute Gasteiger partial charge is 0.462 e. The van der Waals surface area contributed by atoms with Crippen LogP contribution in [0.1, 0.15) is 258 Å². The molecule has 0 aromatic carbocycles. The molecule has 0 fully saturated rings. The molecule has 1 amide bonds. The highest BCUT2D eigenvalue weighted by Crippen LogP contribution is 2.17. The predicted octanol–water partition coefficient (Wildman–Crippen LogP) is 16.0. The minimum Gasteiger partial charge on any atom is -0.462 e. The Kier molecular flexibility index (Phi) is 47.6. The van der Waals surface area contributed by atoms with E-state index in [1.807, 2.05) is 18.2 Å². The average molecular weight is 868 g/mol. The van der Waals surface area contributed by atoms with E-state index in [0.717, 1.165) is 83.5 Å². The SMILES string of the molecule is CC/C=C/C=C/C=C/C=C\CCCCCCCC(=O)OC(CCC/C=C\CCCCCCCC)CC(=O)NC(CO)C(O)CCCCCCCCCCCCCCCCCCC. The lowest BCUT2D eigenvalue weighted by molar-refractivity contribution is -0.151. The van der Waals surface area contributed by atoms with Crippen LogP contribution >= 0.6 is 0 Å². The second-order valence-corrected chi connectivity index (χ2v) is 18.0. The molecular weight excluding hydrogens is 767 g/mol. The summed E-state index contributed by atoms with van der Waals surface area (Å²) in [5.41, 5.74) is 0. The summed E-state index contributed by atoms with van der Waals surface area (Å²) in [6.45, 7) is 6.33. The summed E-state index contributed by atoms with van der Waals surface area (Å²) in [7, 11) is 0. The maximum atomic E-state index is 13.2. The number of carbonyl (C=O) groups excluding carboxylic acids is 2. The van der Waals surface area contributed by atoms with Crippen LogP contribution in [0.25, 0.3) is 0 Å². The summed E-state index contributed by atoms with van der Waals surface area (Å²) < 4.78 is 5.90. The molecule has 6 heteroatoms. The zero-order valence-corrected chi connectivity index (χ0v) is 41.0. The van der Waals surface area contributed by atoms with Crippen LogP contribution in [0.2, 0.25) is 0 Å². The minimum atomic E-state index is -0.800. The minimum absolute atomic E-state index is 0.0461. The molecule has 3 atom stereocenters. The summed E-state index contributed by atoms with van der Waals surface area (Å²) >= 11 is 0. The number of hydrogen-bond acceptors (Lipinski definition) is 5. The Labute approximate surface area is 384 Å². The van der Waals surface area contributed by atoms with Gasteiger partial charge in [0.25, 0.3) is 0 Å². The molecule has 0 radical (unpaired) electrons. The van der Waals surface area contributed by atoms with E-state index in [2.05, 4.69) is 68.6 Å². The van der Waals surface area contributed by atoms with Crippen molar-refractivity contribution in [2.24, 2.45) is 0 Å². The van der Waals surface area contributed by atoms with Gasteiger partial charge in [0.05, 0.1) is 25.2 Å². The van der Waals surface area contributed by atoms with Gasteiger partial charge in [-0.05, 0) is 64.2 Å². The molecular formula is C56H101NO5. The smallest absolute Gasteiger partial charge is 0.306 e. The number of ether oxygens (including phenoxy) is 1. The Morgan fingerprint density at radius 2 is 0.903 bits per heavy atom. The third-order valence-electron chi connectivity index (χ3n) is 11.9. The molecule has 0 aromatic heterocycles. The second-order valence-electron chi connectivity index (χ2n) is 18.0. The number of amides is 1. The molecule has 0 aromatic rings. The average Bonchev–Trinajstić information content (AvgIpc) is 3.26. The van der Waals surface area contributed by atoms with Crippen LogP contribution in [0.3, 0.4) is 0 Å². The summed E-state index contributed by atoms with van der Waals surface area (Å²) in [6, 6.07) is -0.716. The van der Waals surface area contributed by atoms with Gasteiger partial charge in [0.2, 0.25) is 5.91 Å². The Hall–Kier alpha value is -2.44. The topological polar surface area (TPSA) is 95.9 Å². The van der Waals surface area contributed by atoms with Crippen LogP contribution in [0.15, 0.2) is 60.8 Å². The standard InChI is InChI=1S/C56H101NO5/c1-4-7-10-13-16-19-22-24-26-27-29-30-33-36-39-42-45-48-54(59)53(51-58)57-55(60)50-52(47-44-41-38-35-32-21-18-15-12-9-6-3)62-56(61)49-46-43-40-37-34-31-28-25-23-20-17-14-11-8-5-2/h8,11,14,17,20,23,25,28,35,38,52-54,58-59H,4-7,9-10,12-13,15-16,18-19,21-22,24,26-27,29-34,36-37,39-51H2,1-3H3,(H,57,60)/b11-8+,17-14+,23-20+,28-25-,38-35-. The van der Waals surface area contributed by atoms with E-state index in [0.29, 0.717) is 19.3 Å². The fourth-order valence-corrected chi connectivity index (χ4v) is 7.91. The number of esters is 1. The van der Waals surface area contributed by atoms with Crippen molar-refractivity contribution < 1.29 is 24.5 Å². The Balaban J connectivity index is 4.53. The Bertz CT molecular complexity index is 1110. The Morgan fingerprint density at radius 3 is 1.40 bits per heavy atom. The number of rotatable bonds is 47. The van der Waals surface area contributed by atoms with E-state index in [9.17, 15) is 19.8 Å². The fourth-order valence-electron chi connectivity index (χ4n) is 7.91. The Morgan fingerprint density at radius 1 is 0.484 bits per heavy atom. The maximum Gasteiger partial charge on any atom is 0.306 e. The highest BCUT2D eigenvalue weighted by Gasteiger charge is 2.24. The molecule has 3 N–H and O–H groups in total. The third kappa shape index (κ3) is 44.2. The molecule has 3 unspecified atom stereocenters. The number of unbranched alkanes of at least 4 members (excludes halogenated alkanes) is 28. The number of aliphatic hydroxyl groups excluding tert-OH is 2. The highest BCUT2D eigenvalue weighted by atomic mass is 16.5. The number of carbonyl (C=O) groups is 2. The number of nitrogens with one attached hydrogen (secondary N) is 1. The molecule has 0 saturated carbocycles. The van der Waals surface area contributed by atoms with Crippen LogP contribution < -0.4 is 5.32 Å². The van der Waals surface area contributed by atoms with Crippen molar-refractivity contribution in [3.8, 4) is 0 Å². The zero-order valence-electron chi connectivity index (χ0n) is 41.0. The van der Waals surface area contributed by atoms with Gasteiger partial charge in [-0.25, -0.2) is 0 Å². The van der Waals surface area contributed by atoms with E-state index in [1.54, 1.807) is 0 Å². The van der Waals surface area contributed by atoms with Gasteiger partial charge >= 0.3 is 5.97 Å². The van der Waals surface area contributed by atoms with E-state index >= 15 is 0 Å². The van der Waals surface area contributed by atoms with Crippen molar-refractivity contribution in [2.75, 3.05) is 6.61 Å². The van der Waals surface area contributed by atoms with Gasteiger partial charge in [-0.1, -0.05) is 242 Å². The van der Waals surface area contributed by atoms with Gasteiger partial charge in [0, 0.05) is 6.42 Å². The highest BCUT2D eigenvalue weighted by molar-refractivity contribution is 5.77. The van der Waals surface area contributed by atoms with Gasteiger partial charge < -0.3 is 20.3 Å². The van der Waals surface area contributed by atoms with E-state index in [-0.39, 0.29) is 24.9 Å². The molecule has 0 aliphatic rings. The lowest BCUT2D eigenvalue weighted by Gasteiger charge is -2.24. The van der Waals surface area contributed by atoms with Crippen molar-refractivity contribution in [3.05, 3.63) is 60.8 Å². The van der Waals surface area contributed by atoms with Crippen LogP contribution in [0, 0.1) is 0 Å². The number of hydrogen-bond donors (Lipinski definition) is 3. The van der Waals surface area contributed by atoms with Gasteiger partial charge in [-0.15, -0.1) is 0 Å². The fraction of sp³-hybridized carbons (Fsp3) is 0.786. The van der Waals surface area contributed by atoms with E-state index < -0.39 is 18.2 Å². The molecule has 0 aliphatic heterocycles. The summed E-state index contributed by atoms with van der Waals surface area (Å²) in [5, 5.41) is 23.8. The molecule has 62 heavy (non-hydrogen) atoms. The summed E-state index contributed by atoms with van der Waals surface area (Å²) in [5.74, 6) is -0.528. The van der Waals surface area contributed by atoms with Gasteiger partial charge in [0.1, 0.15) is 6.10 Å². The molecule has 0 heterocycles. The molecule has 0 spiro atoms. The molecule has 0 rings (SSSR count). The van der Waals surface area contributed by atoms with Gasteiger partial charge in [-0.2, -0.15) is 0 Å². The van der Waals surface area contributed by atoms with Crippen molar-refractivity contribution in [2.45, 2.75) is 277 Å². The first-order valence-corrected chi connectivity index (χ1v) is 26.6. The van der Waals surface area contributed by atoms with Crippen LogP contribution in [0.5, 0.6) is 0 Å². The summed E-state index contributed by atoms with van der Waals surface area (Å²) in [6.07, 6.45) is 61.4. The predicted molar refractivity (Wildman–Crippen MR) is 268 cm³/mol. The normalized spacial score (nSPS) is 13.7. The lowest BCUT2D eigenvalue weighted by atomic mass is 10.0. The second kappa shape index (κ2) is 49.6. The van der Waals surface area contributed by atoms with Crippen LogP contribution in [-0.2, 0) is 14.3 Å². The number of allylic oxidation sites excluding steroid dienone is 10. The van der Waals surface area contributed by atoms with Crippen molar-refractivity contribution >= 4 is 11.9 Å². The summed E-state index contributed by atoms with van der Waals surface area (Å²) in [4.78, 5) is 26.1. The first kappa shape index (κ1) is 59.6. The molecule has 0 bridgehead atoms. The third-order valence-corrected chi connectivity index (χ3v) is 11.9.